The van der Waals surface area contributed by atoms with Gasteiger partial charge in [0.1, 0.15) is 10.8 Å². The van der Waals surface area contributed by atoms with Gasteiger partial charge in [-0.1, -0.05) is 25.1 Å². The molecule has 134 valence electrons. The lowest BCUT2D eigenvalue weighted by molar-refractivity contribution is 0.244. The summed E-state index contributed by atoms with van der Waals surface area (Å²) in [7, 11) is 0. The number of fused-ring (bicyclic) bond motifs is 1. The number of nitrogens with zero attached hydrogens (tertiary/aromatic N) is 1. The minimum Gasteiger partial charge on any atom is -0.489 e. The van der Waals surface area contributed by atoms with Crippen LogP contribution in [0.15, 0.2) is 42.6 Å². The lowest BCUT2D eigenvalue weighted by Crippen LogP contribution is -2.07. The Morgan fingerprint density at radius 2 is 2.08 bits per heavy atom. The fourth-order valence-electron chi connectivity index (χ4n) is 3.67. The molecular formula is C22H24N2OS. The number of nitrogen functional groups attached to an aromatic ring is 1. The zero-order valence-corrected chi connectivity index (χ0v) is 16.3. The highest BCUT2D eigenvalue weighted by Crippen LogP contribution is 2.41. The fourth-order valence-corrected chi connectivity index (χ4v) is 4.63. The van der Waals surface area contributed by atoms with Gasteiger partial charge < -0.3 is 10.5 Å². The standard InChI is InChI=1S/C22H24N2OS/c1-13(2)25-20-10-8-15(11-19(20)23)22-24-12-21(26-22)18-6-4-5-16-14(3)7-9-17(16)18/h4-6,8,10-14H,7,9,23H2,1-3H3/t14-/m0/s1. The summed E-state index contributed by atoms with van der Waals surface area (Å²) in [6.07, 6.45) is 4.50. The maximum absolute atomic E-state index is 6.17. The number of hydrogen-bond donors (Lipinski definition) is 1. The highest BCUT2D eigenvalue weighted by molar-refractivity contribution is 7.18. The van der Waals surface area contributed by atoms with Gasteiger partial charge >= 0.3 is 0 Å². The van der Waals surface area contributed by atoms with Gasteiger partial charge in [0.2, 0.25) is 0 Å². The van der Waals surface area contributed by atoms with Gasteiger partial charge in [0.05, 0.1) is 16.7 Å². The molecule has 4 rings (SSSR count). The number of nitrogens with two attached hydrogens (primary N) is 1. The molecule has 3 aromatic rings. The molecule has 0 bridgehead atoms. The number of ether oxygens (including phenoxy) is 1. The van der Waals surface area contributed by atoms with Gasteiger partial charge in [-0.2, -0.15) is 0 Å². The van der Waals surface area contributed by atoms with Crippen LogP contribution < -0.4 is 10.5 Å². The second-order valence-corrected chi connectivity index (χ2v) is 8.29. The van der Waals surface area contributed by atoms with Crippen molar-refractivity contribution in [1.29, 1.82) is 0 Å². The first-order valence-corrected chi connectivity index (χ1v) is 9.99. The Hall–Kier alpha value is -2.33. The van der Waals surface area contributed by atoms with Gasteiger partial charge in [-0.25, -0.2) is 4.98 Å². The summed E-state index contributed by atoms with van der Waals surface area (Å²) in [6.45, 7) is 6.32. The van der Waals surface area contributed by atoms with Crippen LogP contribution in [0.2, 0.25) is 0 Å². The van der Waals surface area contributed by atoms with Crippen LogP contribution in [-0.2, 0) is 6.42 Å². The van der Waals surface area contributed by atoms with Crippen LogP contribution in [0.1, 0.15) is 44.2 Å². The van der Waals surface area contributed by atoms with Crippen LogP contribution in [0.4, 0.5) is 5.69 Å². The summed E-state index contributed by atoms with van der Waals surface area (Å²) in [6, 6.07) is 12.6. The van der Waals surface area contributed by atoms with E-state index in [0.717, 1.165) is 22.7 Å². The minimum atomic E-state index is 0.109. The molecule has 0 saturated carbocycles. The first-order valence-electron chi connectivity index (χ1n) is 9.17. The van der Waals surface area contributed by atoms with Crippen molar-refractivity contribution >= 4 is 17.0 Å². The van der Waals surface area contributed by atoms with E-state index in [1.807, 2.05) is 38.2 Å². The van der Waals surface area contributed by atoms with E-state index in [9.17, 15) is 0 Å². The Kier molecular flexibility index (Phi) is 4.45. The number of benzene rings is 2. The zero-order valence-electron chi connectivity index (χ0n) is 15.5. The summed E-state index contributed by atoms with van der Waals surface area (Å²) in [5, 5.41) is 0.992. The molecule has 0 spiro atoms. The van der Waals surface area contributed by atoms with E-state index >= 15 is 0 Å². The van der Waals surface area contributed by atoms with Gasteiger partial charge in [-0.15, -0.1) is 11.3 Å². The average molecular weight is 365 g/mol. The van der Waals surface area contributed by atoms with Crippen molar-refractivity contribution in [2.75, 3.05) is 5.73 Å². The molecule has 0 saturated heterocycles. The number of hydrogen-bond acceptors (Lipinski definition) is 4. The SMILES string of the molecule is CC(C)Oc1ccc(-c2ncc(-c3cccc4c3CC[C@@H]4C)s2)cc1N. The molecule has 3 nitrogen and oxygen atoms in total. The fraction of sp³-hybridized carbons (Fsp3) is 0.318. The third kappa shape index (κ3) is 3.10. The molecule has 1 aliphatic rings. The van der Waals surface area contributed by atoms with E-state index in [4.69, 9.17) is 10.5 Å². The first-order chi connectivity index (χ1) is 12.5. The van der Waals surface area contributed by atoms with Crippen molar-refractivity contribution in [2.24, 2.45) is 0 Å². The lowest BCUT2D eigenvalue weighted by atomic mass is 9.99. The maximum Gasteiger partial charge on any atom is 0.142 e. The first kappa shape index (κ1) is 17.1. The molecule has 1 atom stereocenters. The summed E-state index contributed by atoms with van der Waals surface area (Å²) in [4.78, 5) is 5.89. The smallest absolute Gasteiger partial charge is 0.142 e. The molecule has 1 aliphatic carbocycles. The Morgan fingerprint density at radius 3 is 2.85 bits per heavy atom. The molecule has 1 heterocycles. The minimum absolute atomic E-state index is 0.109. The molecule has 2 aromatic carbocycles. The van der Waals surface area contributed by atoms with Gasteiger partial charge in [-0.3, -0.25) is 0 Å². The monoisotopic (exact) mass is 364 g/mol. The van der Waals surface area contributed by atoms with Gasteiger partial charge in [0.15, 0.2) is 0 Å². The molecule has 4 heteroatoms. The Bertz CT molecular complexity index is 945. The third-order valence-corrected chi connectivity index (χ3v) is 6.04. The molecular weight excluding hydrogens is 340 g/mol. The molecule has 0 radical (unpaired) electrons. The molecule has 0 fully saturated rings. The second-order valence-electron chi connectivity index (χ2n) is 7.26. The van der Waals surface area contributed by atoms with E-state index in [1.165, 1.54) is 28.0 Å². The molecule has 1 aromatic heterocycles. The summed E-state index contributed by atoms with van der Waals surface area (Å²) in [5.41, 5.74) is 12.2. The van der Waals surface area contributed by atoms with Crippen LogP contribution >= 0.6 is 11.3 Å². The van der Waals surface area contributed by atoms with Gasteiger partial charge in [0, 0.05) is 11.8 Å². The molecule has 0 aliphatic heterocycles. The van der Waals surface area contributed by atoms with Crippen LogP contribution in [0, 0.1) is 0 Å². The van der Waals surface area contributed by atoms with Crippen LogP contribution in [0.25, 0.3) is 21.0 Å². The van der Waals surface area contributed by atoms with Crippen LogP contribution in [0.5, 0.6) is 5.75 Å². The van der Waals surface area contributed by atoms with Crippen molar-refractivity contribution in [1.82, 2.24) is 4.98 Å². The third-order valence-electron chi connectivity index (χ3n) is 4.96. The Labute approximate surface area is 158 Å². The highest BCUT2D eigenvalue weighted by Gasteiger charge is 2.22. The van der Waals surface area contributed by atoms with E-state index in [-0.39, 0.29) is 6.10 Å². The van der Waals surface area contributed by atoms with E-state index in [0.29, 0.717) is 11.6 Å². The van der Waals surface area contributed by atoms with Crippen molar-refractivity contribution in [3.05, 3.63) is 53.7 Å². The van der Waals surface area contributed by atoms with Gasteiger partial charge in [-0.05, 0) is 67.5 Å². The maximum atomic E-state index is 6.17. The molecule has 2 N–H and O–H groups in total. The van der Waals surface area contributed by atoms with Crippen LogP contribution in [0.3, 0.4) is 0 Å². The number of anilines is 1. The average Bonchev–Trinajstić information content (AvgIpc) is 3.24. The topological polar surface area (TPSA) is 48.1 Å². The molecule has 26 heavy (non-hydrogen) atoms. The predicted octanol–water partition coefficient (Wildman–Crippen LogP) is 5.90. The summed E-state index contributed by atoms with van der Waals surface area (Å²) >= 11 is 1.73. The largest absolute Gasteiger partial charge is 0.489 e. The summed E-state index contributed by atoms with van der Waals surface area (Å²) in [5.74, 6) is 1.39. The summed E-state index contributed by atoms with van der Waals surface area (Å²) < 4.78 is 5.73. The normalized spacial score (nSPS) is 16.1. The van der Waals surface area contributed by atoms with Crippen molar-refractivity contribution in [2.45, 2.75) is 45.6 Å². The van der Waals surface area contributed by atoms with Gasteiger partial charge in [0.25, 0.3) is 0 Å². The quantitative estimate of drug-likeness (QED) is 0.587. The Balaban J connectivity index is 1.67. The highest BCUT2D eigenvalue weighted by atomic mass is 32.1. The molecule has 0 unspecified atom stereocenters. The Morgan fingerprint density at radius 1 is 1.23 bits per heavy atom. The van der Waals surface area contributed by atoms with E-state index < -0.39 is 0 Å². The van der Waals surface area contributed by atoms with E-state index in [1.54, 1.807) is 11.3 Å². The number of thiazole rings is 1. The van der Waals surface area contributed by atoms with Crippen LogP contribution in [-0.4, -0.2) is 11.1 Å². The number of aromatic nitrogens is 1. The molecule has 0 amide bonds. The van der Waals surface area contributed by atoms with Crippen molar-refractivity contribution < 1.29 is 4.74 Å². The predicted molar refractivity (Wildman–Crippen MR) is 110 cm³/mol. The van der Waals surface area contributed by atoms with E-state index in [2.05, 4.69) is 30.1 Å². The van der Waals surface area contributed by atoms with Crippen molar-refractivity contribution in [3.8, 4) is 26.8 Å². The second kappa shape index (κ2) is 6.76. The van der Waals surface area contributed by atoms with Crippen molar-refractivity contribution in [3.63, 3.8) is 0 Å². The lowest BCUT2D eigenvalue weighted by Gasteiger charge is -2.12. The number of rotatable bonds is 4. The zero-order chi connectivity index (χ0) is 18.3.